The molecule has 0 aliphatic carbocycles. The number of benzene rings is 3. The van der Waals surface area contributed by atoms with Gasteiger partial charge in [0, 0.05) is 11.4 Å². The Morgan fingerprint density at radius 2 is 0.886 bits per heavy atom. The van der Waals surface area contributed by atoms with Crippen molar-refractivity contribution in [2.75, 3.05) is 10.6 Å². The predicted octanol–water partition coefficient (Wildman–Crippen LogP) is 9.33. The van der Waals surface area contributed by atoms with Gasteiger partial charge in [-0.25, -0.2) is 9.59 Å². The number of aryl methyl sites for hydroxylation is 6. The molecule has 0 saturated heterocycles. The molecule has 0 saturated carbocycles. The molecule has 3 rings (SSSR count). The Morgan fingerprint density at radius 1 is 0.591 bits per heavy atom. The van der Waals surface area contributed by atoms with Gasteiger partial charge in [0.05, 0.1) is 0 Å². The largest absolute Gasteiger partial charge is 0.462 e. The number of nitrogens with one attached hydrogen (secondary N) is 4. The van der Waals surface area contributed by atoms with Crippen LogP contribution in [-0.2, 0) is 0 Å². The van der Waals surface area contributed by atoms with Crippen molar-refractivity contribution in [1.82, 2.24) is 10.6 Å². The summed E-state index contributed by atoms with van der Waals surface area (Å²) >= 11 is 37.1. The lowest BCUT2D eigenvalue weighted by molar-refractivity contribution is 0.140. The highest BCUT2D eigenvalue weighted by molar-refractivity contribution is 6.68. The number of halogens is 6. The standard InChI is InChI=1S/C30H32Cl6N4O4/c1-15-11-17(3)23(18(4)12-15)37-27(41)39-25(29(31,32)33)43-21-9-7-8-10-22(21)44-26(30(34,35)36)40-28(42)38-24-19(5)13-16(2)14-20(24)6/h7-14,25-26H,1-6H3,(H2,37,39,41)(H2,38,40,42)/t25-,26-/m1/s1. The summed E-state index contributed by atoms with van der Waals surface area (Å²) in [5.41, 5.74) is 6.71. The molecular formula is C30H32Cl6N4O4. The van der Waals surface area contributed by atoms with Gasteiger partial charge >= 0.3 is 12.1 Å². The third-order valence-electron chi connectivity index (χ3n) is 6.29. The van der Waals surface area contributed by atoms with Gasteiger partial charge in [-0.1, -0.05) is 117 Å². The number of hydrogen-bond donors (Lipinski definition) is 4. The molecule has 0 aromatic heterocycles. The molecule has 8 nitrogen and oxygen atoms in total. The monoisotopic (exact) mass is 722 g/mol. The van der Waals surface area contributed by atoms with Crippen molar-refractivity contribution in [3.8, 4) is 11.5 Å². The van der Waals surface area contributed by atoms with Crippen molar-refractivity contribution >= 4 is 93.0 Å². The number of carbonyl (C=O) groups is 2. The van der Waals surface area contributed by atoms with Crippen LogP contribution in [0.1, 0.15) is 33.4 Å². The summed E-state index contributed by atoms with van der Waals surface area (Å²) in [6, 6.07) is 12.5. The molecule has 238 valence electrons. The first kappa shape index (κ1) is 36.0. The van der Waals surface area contributed by atoms with Gasteiger partial charge in [0.1, 0.15) is 0 Å². The van der Waals surface area contributed by atoms with E-state index in [1.807, 2.05) is 65.8 Å². The Balaban J connectivity index is 1.80. The minimum Gasteiger partial charge on any atom is -0.462 e. The topological polar surface area (TPSA) is 101 Å². The normalized spacial score (nSPS) is 13.0. The maximum atomic E-state index is 13.0. The van der Waals surface area contributed by atoms with Crippen LogP contribution in [0.15, 0.2) is 48.5 Å². The van der Waals surface area contributed by atoms with Gasteiger partial charge in [-0.15, -0.1) is 0 Å². The number of alkyl halides is 6. The van der Waals surface area contributed by atoms with E-state index in [4.69, 9.17) is 79.1 Å². The van der Waals surface area contributed by atoms with Crippen LogP contribution in [0.25, 0.3) is 0 Å². The summed E-state index contributed by atoms with van der Waals surface area (Å²) in [5.74, 6) is 0.0250. The van der Waals surface area contributed by atoms with E-state index in [2.05, 4.69) is 21.3 Å². The smallest absolute Gasteiger partial charge is 0.322 e. The fourth-order valence-corrected chi connectivity index (χ4v) is 5.14. The van der Waals surface area contributed by atoms with Crippen molar-refractivity contribution in [2.24, 2.45) is 0 Å². The highest BCUT2D eigenvalue weighted by Crippen LogP contribution is 2.38. The minimum atomic E-state index is -2.13. The van der Waals surface area contributed by atoms with Crippen LogP contribution in [0.4, 0.5) is 21.0 Å². The lowest BCUT2D eigenvalue weighted by Crippen LogP contribution is -2.50. The van der Waals surface area contributed by atoms with Gasteiger partial charge in [-0.2, -0.15) is 0 Å². The second-order valence-corrected chi connectivity index (χ2v) is 15.0. The lowest BCUT2D eigenvalue weighted by atomic mass is 10.1. The minimum absolute atomic E-state index is 0.0125. The molecule has 0 unspecified atom stereocenters. The number of rotatable bonds is 8. The highest BCUT2D eigenvalue weighted by Gasteiger charge is 2.39. The van der Waals surface area contributed by atoms with E-state index in [9.17, 15) is 9.59 Å². The summed E-state index contributed by atoms with van der Waals surface area (Å²) < 4.78 is 7.56. The van der Waals surface area contributed by atoms with E-state index in [-0.39, 0.29) is 11.5 Å². The Hall–Kier alpha value is -2.46. The third-order valence-corrected chi connectivity index (χ3v) is 7.48. The predicted molar refractivity (Wildman–Crippen MR) is 181 cm³/mol. The average Bonchev–Trinajstić information content (AvgIpc) is 2.87. The molecule has 0 aliphatic heterocycles. The third kappa shape index (κ3) is 10.0. The molecule has 0 spiro atoms. The molecular weight excluding hydrogens is 693 g/mol. The van der Waals surface area contributed by atoms with E-state index in [0.717, 1.165) is 33.4 Å². The molecule has 14 heteroatoms. The van der Waals surface area contributed by atoms with Crippen molar-refractivity contribution in [2.45, 2.75) is 61.6 Å². The molecule has 0 heterocycles. The number of para-hydroxylation sites is 2. The zero-order chi connectivity index (χ0) is 33.0. The van der Waals surface area contributed by atoms with E-state index in [0.29, 0.717) is 11.4 Å². The molecule has 44 heavy (non-hydrogen) atoms. The SMILES string of the molecule is Cc1cc(C)c(NC(=O)N[C@H](Oc2ccccc2O[C@@H](NC(=O)Nc2c(C)cc(C)cc2C)C(Cl)(Cl)Cl)C(Cl)(Cl)Cl)c(C)c1. The number of anilines is 2. The summed E-state index contributed by atoms with van der Waals surface area (Å²) in [6.45, 7) is 11.4. The first-order valence-corrected chi connectivity index (χ1v) is 15.5. The first-order chi connectivity index (χ1) is 20.3. The van der Waals surface area contributed by atoms with E-state index < -0.39 is 32.1 Å². The van der Waals surface area contributed by atoms with Crippen molar-refractivity contribution in [1.29, 1.82) is 0 Å². The average molecular weight is 725 g/mol. The summed E-state index contributed by atoms with van der Waals surface area (Å²) in [4.78, 5) is 25.9. The van der Waals surface area contributed by atoms with Crippen molar-refractivity contribution in [3.63, 3.8) is 0 Å². The summed E-state index contributed by atoms with van der Waals surface area (Å²) in [6.07, 6.45) is -3.00. The molecule has 4 amide bonds. The fourth-order valence-electron chi connectivity index (χ4n) is 4.55. The van der Waals surface area contributed by atoms with Crippen LogP contribution in [0.5, 0.6) is 11.5 Å². The highest BCUT2D eigenvalue weighted by atomic mass is 35.6. The lowest BCUT2D eigenvalue weighted by Gasteiger charge is -2.30. The number of urea groups is 2. The fraction of sp³-hybridized carbons (Fsp3) is 0.333. The number of carbonyl (C=O) groups excluding carboxylic acids is 2. The maximum Gasteiger partial charge on any atom is 0.322 e. The van der Waals surface area contributed by atoms with Gasteiger partial charge in [0.15, 0.2) is 11.5 Å². The molecule has 3 aromatic carbocycles. The van der Waals surface area contributed by atoms with Crippen LogP contribution in [0.3, 0.4) is 0 Å². The molecule has 3 aromatic rings. The van der Waals surface area contributed by atoms with Crippen LogP contribution in [0, 0.1) is 41.5 Å². The number of amides is 4. The molecule has 0 bridgehead atoms. The second kappa shape index (κ2) is 14.8. The van der Waals surface area contributed by atoms with E-state index >= 15 is 0 Å². The molecule has 0 fully saturated rings. The van der Waals surface area contributed by atoms with E-state index in [1.54, 1.807) is 12.1 Å². The van der Waals surface area contributed by atoms with Crippen LogP contribution in [0.2, 0.25) is 0 Å². The zero-order valence-electron chi connectivity index (χ0n) is 24.7. The quantitative estimate of drug-likeness (QED) is 0.137. The second-order valence-electron chi connectivity index (χ2n) is 10.3. The Morgan fingerprint density at radius 3 is 1.16 bits per heavy atom. The van der Waals surface area contributed by atoms with Crippen LogP contribution in [-0.4, -0.2) is 32.1 Å². The van der Waals surface area contributed by atoms with Gasteiger partial charge in [0.2, 0.25) is 20.0 Å². The van der Waals surface area contributed by atoms with Crippen LogP contribution >= 0.6 is 69.6 Å². The molecule has 4 N–H and O–H groups in total. The van der Waals surface area contributed by atoms with E-state index in [1.165, 1.54) is 12.1 Å². The summed E-state index contributed by atoms with van der Waals surface area (Å²) in [5, 5.41) is 10.6. The Labute approximate surface area is 286 Å². The number of hydrogen-bond acceptors (Lipinski definition) is 4. The molecule has 0 radical (unpaired) electrons. The maximum absolute atomic E-state index is 13.0. The summed E-state index contributed by atoms with van der Waals surface area (Å²) in [7, 11) is 0. The van der Waals surface area contributed by atoms with Crippen molar-refractivity contribution < 1.29 is 19.1 Å². The van der Waals surface area contributed by atoms with Gasteiger partial charge < -0.3 is 20.1 Å². The van der Waals surface area contributed by atoms with Crippen molar-refractivity contribution in [3.05, 3.63) is 81.9 Å². The van der Waals surface area contributed by atoms with Gasteiger partial charge in [-0.3, -0.25) is 10.6 Å². The van der Waals surface area contributed by atoms with Gasteiger partial charge in [-0.05, 0) is 75.9 Å². The molecule has 2 atom stereocenters. The Bertz CT molecular complexity index is 1370. The first-order valence-electron chi connectivity index (χ1n) is 13.2. The van der Waals surface area contributed by atoms with Crippen LogP contribution < -0.4 is 30.7 Å². The Kier molecular flexibility index (Phi) is 12.1. The number of ether oxygens (including phenoxy) is 2. The zero-order valence-corrected chi connectivity index (χ0v) is 29.2. The van der Waals surface area contributed by atoms with Gasteiger partial charge in [0.25, 0.3) is 0 Å². The molecule has 0 aliphatic rings.